The van der Waals surface area contributed by atoms with E-state index in [0.29, 0.717) is 5.69 Å². The third kappa shape index (κ3) is 5.19. The highest BCUT2D eigenvalue weighted by atomic mass is 79.9. The van der Waals surface area contributed by atoms with Crippen molar-refractivity contribution < 1.29 is 14.3 Å². The van der Waals surface area contributed by atoms with Crippen molar-refractivity contribution in [2.75, 3.05) is 6.54 Å². The van der Waals surface area contributed by atoms with Crippen molar-refractivity contribution in [1.29, 1.82) is 0 Å². The van der Waals surface area contributed by atoms with Crippen molar-refractivity contribution in [2.45, 2.75) is 26.4 Å². The summed E-state index contributed by atoms with van der Waals surface area (Å²) in [5, 5.41) is 7.27. The molecule has 2 rings (SSSR count). The summed E-state index contributed by atoms with van der Waals surface area (Å²) in [6, 6.07) is 2.00. The molecule has 1 amide bonds. The molecule has 22 heavy (non-hydrogen) atoms. The van der Waals surface area contributed by atoms with Gasteiger partial charge in [-0.3, -0.25) is 9.59 Å². The molecular weight excluding hydrogens is 388 g/mol. The Kier molecular flexibility index (Phi) is 6.10. The summed E-state index contributed by atoms with van der Waals surface area (Å²) in [5.41, 5.74) is 0.694. The number of hydrogen-bond acceptors (Lipinski definition) is 6. The molecule has 0 aromatic carbocycles. The number of ether oxygens (including phenoxy) is 1. The molecule has 0 fully saturated rings. The fourth-order valence-corrected chi connectivity index (χ4v) is 3.96. The molecule has 0 saturated carbocycles. The molecule has 0 radical (unpaired) electrons. The van der Waals surface area contributed by atoms with E-state index >= 15 is 0 Å². The van der Waals surface area contributed by atoms with Crippen LogP contribution in [-0.2, 0) is 20.7 Å². The summed E-state index contributed by atoms with van der Waals surface area (Å²) in [7, 11) is 0. The largest absolute Gasteiger partial charge is 0.462 e. The zero-order chi connectivity index (χ0) is 16.1. The van der Waals surface area contributed by atoms with Crippen LogP contribution in [0.1, 0.15) is 19.5 Å². The predicted molar refractivity (Wildman–Crippen MR) is 91.1 cm³/mol. The highest BCUT2D eigenvalue weighted by Crippen LogP contribution is 2.31. The molecule has 0 spiro atoms. The van der Waals surface area contributed by atoms with Gasteiger partial charge >= 0.3 is 5.97 Å². The fourth-order valence-electron chi connectivity index (χ4n) is 1.63. The van der Waals surface area contributed by atoms with Crippen LogP contribution in [0.3, 0.4) is 0 Å². The first kappa shape index (κ1) is 17.1. The molecule has 0 bridgehead atoms. The molecule has 1 N–H and O–H groups in total. The van der Waals surface area contributed by atoms with Gasteiger partial charge in [-0.15, -0.1) is 22.7 Å². The van der Waals surface area contributed by atoms with Crippen LogP contribution in [0.5, 0.6) is 0 Å². The second-order valence-electron chi connectivity index (χ2n) is 4.77. The average molecular weight is 403 g/mol. The summed E-state index contributed by atoms with van der Waals surface area (Å²) in [5.74, 6) is -0.685. The standard InChI is InChI=1S/C14H15BrN2O3S2/c1-8(2)20-13(19)5-16-12(18)4-10-7-22-14(17-10)11-3-9(15)6-21-11/h3,6-8H,4-5H2,1-2H3,(H,16,18). The van der Waals surface area contributed by atoms with Crippen molar-refractivity contribution in [3.8, 4) is 9.88 Å². The maximum Gasteiger partial charge on any atom is 0.325 e. The highest BCUT2D eigenvalue weighted by molar-refractivity contribution is 9.10. The number of amides is 1. The van der Waals surface area contributed by atoms with Crippen molar-refractivity contribution in [2.24, 2.45) is 0 Å². The average Bonchev–Trinajstić information content (AvgIpc) is 3.04. The van der Waals surface area contributed by atoms with E-state index in [-0.39, 0.29) is 25.0 Å². The van der Waals surface area contributed by atoms with Crippen LogP contribution in [0, 0.1) is 0 Å². The normalized spacial score (nSPS) is 10.7. The number of thiazole rings is 1. The second-order valence-corrected chi connectivity index (χ2v) is 7.45. The Morgan fingerprint density at radius 1 is 1.36 bits per heavy atom. The van der Waals surface area contributed by atoms with E-state index in [1.165, 1.54) is 11.3 Å². The fraction of sp³-hybridized carbons (Fsp3) is 0.357. The number of carbonyl (C=O) groups excluding carboxylic acids is 2. The number of halogens is 1. The molecule has 5 nitrogen and oxygen atoms in total. The first-order valence-corrected chi connectivity index (χ1v) is 9.14. The van der Waals surface area contributed by atoms with E-state index in [9.17, 15) is 9.59 Å². The monoisotopic (exact) mass is 402 g/mol. The minimum Gasteiger partial charge on any atom is -0.462 e. The Labute approximate surface area is 144 Å². The lowest BCUT2D eigenvalue weighted by Crippen LogP contribution is -2.32. The molecule has 2 aromatic heterocycles. The van der Waals surface area contributed by atoms with Crippen LogP contribution in [0.2, 0.25) is 0 Å². The Morgan fingerprint density at radius 3 is 2.77 bits per heavy atom. The predicted octanol–water partition coefficient (Wildman–Crippen LogP) is 3.24. The van der Waals surface area contributed by atoms with Gasteiger partial charge in [0.25, 0.3) is 0 Å². The second kappa shape index (κ2) is 7.85. The van der Waals surface area contributed by atoms with Crippen LogP contribution in [0.4, 0.5) is 0 Å². The van der Waals surface area contributed by atoms with Gasteiger partial charge in [-0.25, -0.2) is 4.98 Å². The zero-order valence-corrected chi connectivity index (χ0v) is 15.3. The number of nitrogens with zero attached hydrogens (tertiary/aromatic N) is 1. The van der Waals surface area contributed by atoms with E-state index in [4.69, 9.17) is 4.74 Å². The third-order valence-electron chi connectivity index (χ3n) is 2.47. The Hall–Kier alpha value is -1.25. The van der Waals surface area contributed by atoms with Gasteiger partial charge in [-0.2, -0.15) is 0 Å². The first-order valence-electron chi connectivity index (χ1n) is 6.59. The summed E-state index contributed by atoms with van der Waals surface area (Å²) in [6.07, 6.45) is -0.0338. The van der Waals surface area contributed by atoms with Crippen LogP contribution >= 0.6 is 38.6 Å². The van der Waals surface area contributed by atoms with Gasteiger partial charge < -0.3 is 10.1 Å². The molecule has 0 atom stereocenters. The van der Waals surface area contributed by atoms with Gasteiger partial charge in [0.05, 0.1) is 23.1 Å². The number of thiophene rings is 1. The van der Waals surface area contributed by atoms with Crippen molar-refractivity contribution in [1.82, 2.24) is 10.3 Å². The Bertz CT molecular complexity index is 667. The van der Waals surface area contributed by atoms with Gasteiger partial charge in [0, 0.05) is 15.2 Å². The number of nitrogens with one attached hydrogen (secondary N) is 1. The smallest absolute Gasteiger partial charge is 0.325 e. The lowest BCUT2D eigenvalue weighted by Gasteiger charge is -2.08. The molecule has 0 aliphatic rings. The summed E-state index contributed by atoms with van der Waals surface area (Å²) in [4.78, 5) is 28.6. The maximum absolute atomic E-state index is 11.8. The Balaban J connectivity index is 1.85. The van der Waals surface area contributed by atoms with Crippen molar-refractivity contribution >= 4 is 50.5 Å². The van der Waals surface area contributed by atoms with Crippen LogP contribution in [0.25, 0.3) is 9.88 Å². The number of aromatic nitrogens is 1. The number of carbonyl (C=O) groups is 2. The van der Waals surface area contributed by atoms with E-state index in [1.807, 2.05) is 16.8 Å². The molecule has 0 saturated heterocycles. The molecule has 0 aliphatic carbocycles. The van der Waals surface area contributed by atoms with Gasteiger partial charge in [0.2, 0.25) is 5.91 Å². The molecule has 118 valence electrons. The molecule has 0 unspecified atom stereocenters. The minimum absolute atomic E-state index is 0.119. The summed E-state index contributed by atoms with van der Waals surface area (Å²) < 4.78 is 5.96. The van der Waals surface area contributed by atoms with Crippen LogP contribution in [-0.4, -0.2) is 29.5 Å². The summed E-state index contributed by atoms with van der Waals surface area (Å²) >= 11 is 6.50. The quantitative estimate of drug-likeness (QED) is 0.752. The molecule has 8 heteroatoms. The van der Waals surface area contributed by atoms with E-state index in [0.717, 1.165) is 14.4 Å². The molecule has 2 aromatic rings. The Morgan fingerprint density at radius 2 is 2.14 bits per heavy atom. The lowest BCUT2D eigenvalue weighted by molar-refractivity contribution is -0.147. The SMILES string of the molecule is CC(C)OC(=O)CNC(=O)Cc1csc(-c2cc(Br)cs2)n1. The number of esters is 1. The maximum atomic E-state index is 11.8. The summed E-state index contributed by atoms with van der Waals surface area (Å²) in [6.45, 7) is 3.41. The molecular formula is C14H15BrN2O3S2. The highest BCUT2D eigenvalue weighted by Gasteiger charge is 2.12. The zero-order valence-electron chi connectivity index (χ0n) is 12.1. The minimum atomic E-state index is -0.439. The number of rotatable bonds is 6. The van der Waals surface area contributed by atoms with Gasteiger partial charge in [0.1, 0.15) is 11.6 Å². The molecule has 2 heterocycles. The van der Waals surface area contributed by atoms with E-state index in [2.05, 4.69) is 26.2 Å². The van der Waals surface area contributed by atoms with E-state index in [1.54, 1.807) is 25.2 Å². The third-order valence-corrected chi connectivity index (χ3v) is 5.22. The lowest BCUT2D eigenvalue weighted by atomic mass is 10.3. The van der Waals surface area contributed by atoms with Crippen LogP contribution < -0.4 is 5.32 Å². The van der Waals surface area contributed by atoms with Gasteiger partial charge in [0.15, 0.2) is 0 Å². The topological polar surface area (TPSA) is 68.3 Å². The van der Waals surface area contributed by atoms with E-state index < -0.39 is 5.97 Å². The van der Waals surface area contributed by atoms with Gasteiger partial charge in [-0.05, 0) is 35.8 Å². The van der Waals surface area contributed by atoms with Crippen molar-refractivity contribution in [3.63, 3.8) is 0 Å². The van der Waals surface area contributed by atoms with Crippen LogP contribution in [0.15, 0.2) is 21.3 Å². The van der Waals surface area contributed by atoms with Crippen molar-refractivity contribution in [3.05, 3.63) is 27.0 Å². The molecule has 0 aliphatic heterocycles. The number of hydrogen-bond donors (Lipinski definition) is 1. The first-order chi connectivity index (χ1) is 10.4. The van der Waals surface area contributed by atoms with Gasteiger partial charge in [-0.1, -0.05) is 0 Å².